The van der Waals surface area contributed by atoms with Crippen molar-refractivity contribution < 1.29 is 4.79 Å². The molecule has 2 rings (SSSR count). The third-order valence-electron chi connectivity index (χ3n) is 3.18. The Hall–Kier alpha value is -0.350. The summed E-state index contributed by atoms with van der Waals surface area (Å²) in [5, 5.41) is 3.21. The van der Waals surface area contributed by atoms with Gasteiger partial charge in [0.15, 0.2) is 0 Å². The maximum absolute atomic E-state index is 11.5. The maximum Gasteiger partial charge on any atom is 0.220 e. The Morgan fingerprint density at radius 2 is 2.29 bits per heavy atom. The molecule has 1 N–H and O–H groups in total. The number of hydrogen-bond acceptors (Lipinski definition) is 2. The van der Waals surface area contributed by atoms with Crippen molar-refractivity contribution in [3.63, 3.8) is 0 Å². The molecule has 1 amide bonds. The SMILES string of the molecule is CC(C)CC1(Cc2ccc(Br)s2)CCC(=O)N1. The van der Waals surface area contributed by atoms with E-state index in [4.69, 9.17) is 0 Å². The number of rotatable bonds is 4. The standard InChI is InChI=1S/C13H18BrNOS/c1-9(2)7-13(6-5-12(16)15-13)8-10-3-4-11(14)17-10/h3-4,9H,5-8H2,1-2H3,(H,15,16). The topological polar surface area (TPSA) is 29.1 Å². The molecule has 1 aromatic heterocycles. The van der Waals surface area contributed by atoms with E-state index in [9.17, 15) is 4.79 Å². The molecule has 0 radical (unpaired) electrons. The van der Waals surface area contributed by atoms with Crippen LogP contribution >= 0.6 is 27.3 Å². The van der Waals surface area contributed by atoms with E-state index >= 15 is 0 Å². The summed E-state index contributed by atoms with van der Waals surface area (Å²) < 4.78 is 1.16. The molecule has 0 aliphatic carbocycles. The third-order valence-corrected chi connectivity index (χ3v) is 4.80. The summed E-state index contributed by atoms with van der Waals surface area (Å²) in [4.78, 5) is 12.9. The average Bonchev–Trinajstić information content (AvgIpc) is 2.74. The van der Waals surface area contributed by atoms with Crippen LogP contribution in [0.1, 0.15) is 38.0 Å². The summed E-state index contributed by atoms with van der Waals surface area (Å²) in [5.41, 5.74) is -0.00442. The zero-order valence-corrected chi connectivity index (χ0v) is 12.7. The number of hydrogen-bond donors (Lipinski definition) is 1. The van der Waals surface area contributed by atoms with Crippen molar-refractivity contribution in [1.82, 2.24) is 5.32 Å². The van der Waals surface area contributed by atoms with Crippen LogP contribution in [0.2, 0.25) is 0 Å². The first kappa shape index (κ1) is 13.1. The van der Waals surface area contributed by atoms with Crippen molar-refractivity contribution in [3.8, 4) is 0 Å². The first-order valence-corrected chi connectivity index (χ1v) is 7.65. The molecule has 94 valence electrons. The van der Waals surface area contributed by atoms with E-state index in [-0.39, 0.29) is 11.4 Å². The fraction of sp³-hybridized carbons (Fsp3) is 0.615. The molecule has 1 aromatic rings. The van der Waals surface area contributed by atoms with Gasteiger partial charge in [0, 0.05) is 23.3 Å². The van der Waals surface area contributed by atoms with Crippen LogP contribution in [-0.2, 0) is 11.2 Å². The van der Waals surface area contributed by atoms with Crippen LogP contribution in [0.25, 0.3) is 0 Å². The van der Waals surface area contributed by atoms with Crippen molar-refractivity contribution in [2.45, 2.75) is 45.1 Å². The Labute approximate surface area is 115 Å². The lowest BCUT2D eigenvalue weighted by atomic mass is 9.84. The highest BCUT2D eigenvalue weighted by Gasteiger charge is 2.38. The maximum atomic E-state index is 11.5. The fourth-order valence-corrected chi connectivity index (χ4v) is 4.32. The molecule has 2 heterocycles. The molecular weight excluding hydrogens is 298 g/mol. The van der Waals surface area contributed by atoms with Gasteiger partial charge in [-0.05, 0) is 46.8 Å². The molecule has 1 aliphatic heterocycles. The van der Waals surface area contributed by atoms with Gasteiger partial charge >= 0.3 is 0 Å². The number of thiophene rings is 1. The number of carbonyl (C=O) groups excluding carboxylic acids is 1. The largest absolute Gasteiger partial charge is 0.350 e. The van der Waals surface area contributed by atoms with Gasteiger partial charge in [-0.1, -0.05) is 13.8 Å². The zero-order chi connectivity index (χ0) is 12.5. The summed E-state index contributed by atoms with van der Waals surface area (Å²) in [7, 11) is 0. The van der Waals surface area contributed by atoms with Gasteiger partial charge in [-0.25, -0.2) is 0 Å². The lowest BCUT2D eigenvalue weighted by molar-refractivity contribution is -0.119. The highest BCUT2D eigenvalue weighted by molar-refractivity contribution is 9.11. The quantitative estimate of drug-likeness (QED) is 0.900. The van der Waals surface area contributed by atoms with Crippen molar-refractivity contribution >= 4 is 33.2 Å². The molecule has 1 saturated heterocycles. The minimum Gasteiger partial charge on any atom is -0.350 e. The Kier molecular flexibility index (Phi) is 3.93. The van der Waals surface area contributed by atoms with E-state index in [0.29, 0.717) is 12.3 Å². The first-order valence-electron chi connectivity index (χ1n) is 6.04. The van der Waals surface area contributed by atoms with Crippen LogP contribution < -0.4 is 5.32 Å². The second-order valence-electron chi connectivity index (χ2n) is 5.31. The fourth-order valence-electron chi connectivity index (χ4n) is 2.69. The van der Waals surface area contributed by atoms with Gasteiger partial charge in [0.25, 0.3) is 0 Å². The second-order valence-corrected chi connectivity index (χ2v) is 7.86. The number of nitrogens with one attached hydrogen (secondary N) is 1. The van der Waals surface area contributed by atoms with Gasteiger partial charge in [-0.3, -0.25) is 4.79 Å². The molecule has 0 saturated carbocycles. The first-order chi connectivity index (χ1) is 7.99. The normalized spacial score (nSPS) is 24.4. The molecule has 4 heteroatoms. The Morgan fingerprint density at radius 3 is 2.76 bits per heavy atom. The van der Waals surface area contributed by atoms with Crippen LogP contribution in [0.5, 0.6) is 0 Å². The Bertz CT molecular complexity index is 415. The molecule has 17 heavy (non-hydrogen) atoms. The minimum absolute atomic E-state index is 0.00442. The lowest BCUT2D eigenvalue weighted by Gasteiger charge is -2.30. The summed E-state index contributed by atoms with van der Waals surface area (Å²) in [6.45, 7) is 4.44. The summed E-state index contributed by atoms with van der Waals surface area (Å²) in [5.74, 6) is 0.818. The van der Waals surface area contributed by atoms with Gasteiger partial charge in [0.05, 0.1) is 3.79 Å². The van der Waals surface area contributed by atoms with E-state index in [1.54, 1.807) is 11.3 Å². The molecule has 1 atom stereocenters. The van der Waals surface area contributed by atoms with E-state index < -0.39 is 0 Å². The van der Waals surface area contributed by atoms with Gasteiger partial charge in [-0.15, -0.1) is 11.3 Å². The third kappa shape index (κ3) is 3.32. The monoisotopic (exact) mass is 315 g/mol. The van der Waals surface area contributed by atoms with Crippen LogP contribution in [0.15, 0.2) is 15.9 Å². The molecule has 1 aliphatic rings. The van der Waals surface area contributed by atoms with Crippen molar-refractivity contribution in [2.75, 3.05) is 0 Å². The average molecular weight is 316 g/mol. The van der Waals surface area contributed by atoms with Crippen LogP contribution in [0.3, 0.4) is 0 Å². The zero-order valence-electron chi connectivity index (χ0n) is 10.3. The van der Waals surface area contributed by atoms with Crippen molar-refractivity contribution in [3.05, 3.63) is 20.8 Å². The van der Waals surface area contributed by atoms with Crippen molar-refractivity contribution in [2.24, 2.45) is 5.92 Å². The van der Waals surface area contributed by atoms with Gasteiger partial charge in [-0.2, -0.15) is 0 Å². The van der Waals surface area contributed by atoms with E-state index in [1.807, 2.05) is 0 Å². The van der Waals surface area contributed by atoms with Gasteiger partial charge < -0.3 is 5.32 Å². The minimum atomic E-state index is -0.00442. The molecule has 0 bridgehead atoms. The second kappa shape index (κ2) is 5.11. The highest BCUT2D eigenvalue weighted by atomic mass is 79.9. The summed E-state index contributed by atoms with van der Waals surface area (Å²) >= 11 is 5.26. The Balaban J connectivity index is 2.13. The van der Waals surface area contributed by atoms with Gasteiger partial charge in [0.1, 0.15) is 0 Å². The predicted octanol–water partition coefficient (Wildman–Crippen LogP) is 3.75. The number of carbonyl (C=O) groups is 1. The molecule has 1 unspecified atom stereocenters. The number of halogens is 1. The van der Waals surface area contributed by atoms with E-state index in [0.717, 1.165) is 23.0 Å². The predicted molar refractivity (Wildman–Crippen MR) is 75.3 cm³/mol. The van der Waals surface area contributed by atoms with Gasteiger partial charge in [0.2, 0.25) is 5.91 Å². The highest BCUT2D eigenvalue weighted by Crippen LogP contribution is 2.34. The molecule has 0 spiro atoms. The van der Waals surface area contributed by atoms with Crippen LogP contribution in [-0.4, -0.2) is 11.4 Å². The van der Waals surface area contributed by atoms with E-state index in [2.05, 4.69) is 47.2 Å². The Morgan fingerprint density at radius 1 is 1.53 bits per heavy atom. The summed E-state index contributed by atoms with van der Waals surface area (Å²) in [6, 6.07) is 4.24. The molecular formula is C13H18BrNOS. The van der Waals surface area contributed by atoms with Crippen LogP contribution in [0.4, 0.5) is 0 Å². The van der Waals surface area contributed by atoms with E-state index in [1.165, 1.54) is 4.88 Å². The van der Waals surface area contributed by atoms with Crippen molar-refractivity contribution in [1.29, 1.82) is 0 Å². The molecule has 2 nitrogen and oxygen atoms in total. The lowest BCUT2D eigenvalue weighted by Crippen LogP contribution is -2.44. The molecule has 0 aromatic carbocycles. The summed E-state index contributed by atoms with van der Waals surface area (Å²) in [6.07, 6.45) is 3.68. The van der Waals surface area contributed by atoms with Crippen LogP contribution in [0, 0.1) is 5.92 Å². The number of amides is 1. The smallest absolute Gasteiger partial charge is 0.220 e. The molecule has 1 fully saturated rings.